The van der Waals surface area contributed by atoms with Gasteiger partial charge in [0.1, 0.15) is 0 Å². The van der Waals surface area contributed by atoms with Crippen molar-refractivity contribution in [1.29, 1.82) is 0 Å². The van der Waals surface area contributed by atoms with Gasteiger partial charge in [-0.1, -0.05) is 0 Å². The number of hydrogen-bond donors (Lipinski definition) is 0. The normalized spacial score (nSPS) is 31.2. The second-order valence-corrected chi connectivity index (χ2v) is 7.54. The van der Waals surface area contributed by atoms with Gasteiger partial charge in [0.15, 0.2) is 5.76 Å². The van der Waals surface area contributed by atoms with Crippen molar-refractivity contribution >= 4 is 5.91 Å². The van der Waals surface area contributed by atoms with Crippen LogP contribution < -0.4 is 0 Å². The van der Waals surface area contributed by atoms with Gasteiger partial charge in [-0.15, -0.1) is 0 Å². The van der Waals surface area contributed by atoms with Gasteiger partial charge in [0.25, 0.3) is 5.91 Å². The number of hydrogen-bond acceptors (Lipinski definition) is 4. The fraction of sp³-hybridized carbons (Fsp3) is 0.722. The van der Waals surface area contributed by atoms with E-state index in [0.29, 0.717) is 18.2 Å². The molecule has 23 heavy (non-hydrogen) atoms. The number of nitrogens with zero attached hydrogens (tertiary/aromatic N) is 2. The smallest absolute Gasteiger partial charge is 0.289 e. The Balaban J connectivity index is 1.38. The molecule has 0 radical (unpaired) electrons. The zero-order valence-corrected chi connectivity index (χ0v) is 13.9. The second kappa shape index (κ2) is 5.95. The van der Waals surface area contributed by atoms with Gasteiger partial charge < -0.3 is 19.0 Å². The highest BCUT2D eigenvalue weighted by Crippen LogP contribution is 2.39. The van der Waals surface area contributed by atoms with E-state index in [2.05, 4.69) is 11.9 Å². The molecule has 0 bridgehead atoms. The van der Waals surface area contributed by atoms with Gasteiger partial charge in [0.05, 0.1) is 25.0 Å². The third-order valence-corrected chi connectivity index (χ3v) is 5.56. The van der Waals surface area contributed by atoms with E-state index < -0.39 is 0 Å². The Morgan fingerprint density at radius 3 is 3.09 bits per heavy atom. The SMILES string of the molecule is CN(CC1COC2(CCCN(C(=O)c3ccco3)C2)C1)C1CC1. The molecule has 4 rings (SSSR count). The van der Waals surface area contributed by atoms with Crippen LogP contribution in [0.3, 0.4) is 0 Å². The molecule has 1 spiro atoms. The molecule has 3 fully saturated rings. The zero-order valence-electron chi connectivity index (χ0n) is 13.9. The molecule has 126 valence electrons. The molecular formula is C18H26N2O3. The van der Waals surface area contributed by atoms with Crippen LogP contribution in [-0.4, -0.2) is 60.6 Å². The zero-order chi connectivity index (χ0) is 15.9. The summed E-state index contributed by atoms with van der Waals surface area (Å²) < 4.78 is 11.5. The van der Waals surface area contributed by atoms with Crippen molar-refractivity contribution in [3.63, 3.8) is 0 Å². The van der Waals surface area contributed by atoms with E-state index in [1.165, 1.54) is 12.8 Å². The molecule has 2 saturated heterocycles. The Bertz CT molecular complexity index is 555. The standard InChI is InChI=1S/C18H26N2O3/c1-19(15-5-6-15)11-14-10-18(23-12-14)7-3-8-20(13-18)17(21)16-4-2-9-22-16/h2,4,9,14-15H,3,5-8,10-13H2,1H3. The number of amides is 1. The molecule has 5 nitrogen and oxygen atoms in total. The number of carbonyl (C=O) groups excluding carboxylic acids is 1. The quantitative estimate of drug-likeness (QED) is 0.855. The summed E-state index contributed by atoms with van der Waals surface area (Å²) in [7, 11) is 2.23. The molecule has 1 saturated carbocycles. The summed E-state index contributed by atoms with van der Waals surface area (Å²) in [5.74, 6) is 1.03. The van der Waals surface area contributed by atoms with E-state index in [1.54, 1.807) is 18.4 Å². The maximum atomic E-state index is 12.5. The lowest BCUT2D eigenvalue weighted by Crippen LogP contribution is -2.50. The molecule has 1 aliphatic carbocycles. The minimum absolute atomic E-state index is 0.00350. The molecule has 2 aliphatic heterocycles. The summed E-state index contributed by atoms with van der Waals surface area (Å²) >= 11 is 0. The second-order valence-electron chi connectivity index (χ2n) is 7.54. The van der Waals surface area contributed by atoms with Crippen molar-refractivity contribution in [2.45, 2.75) is 43.7 Å². The van der Waals surface area contributed by atoms with Crippen molar-refractivity contribution in [3.05, 3.63) is 24.2 Å². The lowest BCUT2D eigenvalue weighted by atomic mass is 9.86. The minimum Gasteiger partial charge on any atom is -0.459 e. The molecule has 1 amide bonds. The molecule has 1 aromatic heterocycles. The van der Waals surface area contributed by atoms with Crippen LogP contribution in [0.1, 0.15) is 42.7 Å². The van der Waals surface area contributed by atoms with Gasteiger partial charge in [-0.2, -0.15) is 0 Å². The van der Waals surface area contributed by atoms with Crippen LogP contribution >= 0.6 is 0 Å². The number of piperidine rings is 1. The summed E-state index contributed by atoms with van der Waals surface area (Å²) in [6.45, 7) is 3.46. The van der Waals surface area contributed by atoms with Crippen LogP contribution in [0.15, 0.2) is 22.8 Å². The van der Waals surface area contributed by atoms with Gasteiger partial charge in [-0.25, -0.2) is 0 Å². The maximum Gasteiger partial charge on any atom is 0.289 e. The van der Waals surface area contributed by atoms with Gasteiger partial charge in [0.2, 0.25) is 0 Å². The van der Waals surface area contributed by atoms with Crippen LogP contribution in [0.5, 0.6) is 0 Å². The Hall–Kier alpha value is -1.33. The average Bonchev–Trinajstić information content (AvgIpc) is 3.14. The van der Waals surface area contributed by atoms with Gasteiger partial charge in [-0.3, -0.25) is 4.79 Å². The monoisotopic (exact) mass is 318 g/mol. The number of likely N-dealkylation sites (tertiary alicyclic amines) is 1. The topological polar surface area (TPSA) is 45.9 Å². The minimum atomic E-state index is -0.129. The van der Waals surface area contributed by atoms with E-state index in [4.69, 9.17) is 9.15 Å². The first kappa shape index (κ1) is 15.2. The number of furan rings is 1. The Morgan fingerprint density at radius 2 is 2.35 bits per heavy atom. The first-order valence-electron chi connectivity index (χ1n) is 8.82. The Kier molecular flexibility index (Phi) is 3.93. The van der Waals surface area contributed by atoms with Gasteiger partial charge in [-0.05, 0) is 57.2 Å². The average molecular weight is 318 g/mol. The summed E-state index contributed by atoms with van der Waals surface area (Å²) in [6.07, 6.45) is 7.41. The Morgan fingerprint density at radius 1 is 1.48 bits per heavy atom. The molecule has 0 N–H and O–H groups in total. The van der Waals surface area contributed by atoms with Crippen LogP contribution in [0, 0.1) is 5.92 Å². The molecule has 1 aromatic rings. The van der Waals surface area contributed by atoms with E-state index in [0.717, 1.165) is 45.0 Å². The number of carbonyl (C=O) groups is 1. The highest BCUT2D eigenvalue weighted by Gasteiger charge is 2.45. The highest BCUT2D eigenvalue weighted by molar-refractivity contribution is 5.91. The van der Waals surface area contributed by atoms with Crippen molar-refractivity contribution in [1.82, 2.24) is 9.80 Å². The maximum absolute atomic E-state index is 12.5. The molecule has 0 aromatic carbocycles. The van der Waals surface area contributed by atoms with E-state index >= 15 is 0 Å². The van der Waals surface area contributed by atoms with Gasteiger partial charge >= 0.3 is 0 Å². The largest absolute Gasteiger partial charge is 0.459 e. The summed E-state index contributed by atoms with van der Waals surface area (Å²) in [5, 5.41) is 0. The van der Waals surface area contributed by atoms with Crippen LogP contribution in [0.25, 0.3) is 0 Å². The van der Waals surface area contributed by atoms with Crippen molar-refractivity contribution in [2.24, 2.45) is 5.92 Å². The molecular weight excluding hydrogens is 292 g/mol. The van der Waals surface area contributed by atoms with E-state index in [-0.39, 0.29) is 11.5 Å². The lowest BCUT2D eigenvalue weighted by Gasteiger charge is -2.39. The molecule has 5 heteroatoms. The lowest BCUT2D eigenvalue weighted by molar-refractivity contribution is -0.0455. The first-order valence-corrected chi connectivity index (χ1v) is 8.82. The first-order chi connectivity index (χ1) is 11.2. The highest BCUT2D eigenvalue weighted by atomic mass is 16.5. The van der Waals surface area contributed by atoms with E-state index in [9.17, 15) is 4.79 Å². The van der Waals surface area contributed by atoms with E-state index in [1.807, 2.05) is 4.90 Å². The predicted octanol–water partition coefficient (Wildman–Crippen LogP) is 2.39. The van der Waals surface area contributed by atoms with Gasteiger partial charge in [0, 0.05) is 19.1 Å². The third kappa shape index (κ3) is 3.17. The predicted molar refractivity (Wildman–Crippen MR) is 86.3 cm³/mol. The number of ether oxygens (including phenoxy) is 1. The molecule has 2 unspecified atom stereocenters. The molecule has 3 aliphatic rings. The number of rotatable bonds is 4. The van der Waals surface area contributed by atoms with Crippen LogP contribution in [0.4, 0.5) is 0 Å². The fourth-order valence-corrected chi connectivity index (χ4v) is 4.24. The fourth-order valence-electron chi connectivity index (χ4n) is 4.24. The Labute approximate surface area is 137 Å². The summed E-state index contributed by atoms with van der Waals surface area (Å²) in [4.78, 5) is 16.9. The molecule has 2 atom stereocenters. The van der Waals surface area contributed by atoms with Crippen LogP contribution in [0.2, 0.25) is 0 Å². The van der Waals surface area contributed by atoms with Crippen molar-refractivity contribution in [3.8, 4) is 0 Å². The van der Waals surface area contributed by atoms with Crippen molar-refractivity contribution in [2.75, 3.05) is 33.3 Å². The van der Waals surface area contributed by atoms with Crippen LogP contribution in [-0.2, 0) is 4.74 Å². The summed E-state index contributed by atoms with van der Waals surface area (Å²) in [6, 6.07) is 4.31. The third-order valence-electron chi connectivity index (χ3n) is 5.56. The van der Waals surface area contributed by atoms with Crippen molar-refractivity contribution < 1.29 is 13.9 Å². The molecule has 3 heterocycles. The summed E-state index contributed by atoms with van der Waals surface area (Å²) in [5.41, 5.74) is -0.129.